The largest absolute Gasteiger partial charge is 0.377 e. The maximum atomic E-state index is 3.77. The van der Waals surface area contributed by atoms with Crippen molar-refractivity contribution < 1.29 is 0 Å². The smallest absolute Gasteiger partial charge is 0.0718 e. The summed E-state index contributed by atoms with van der Waals surface area (Å²) in [6.07, 6.45) is 0. The Morgan fingerprint density at radius 1 is 0.543 bits per heavy atom. The third-order valence-electron chi connectivity index (χ3n) is 6.55. The average molecular weight is 454 g/mol. The van der Waals surface area contributed by atoms with Crippen LogP contribution in [-0.2, 0) is 0 Å². The zero-order valence-electron chi connectivity index (χ0n) is 19.9. The molecule has 0 fully saturated rings. The molecule has 1 aliphatic heterocycles. The zero-order valence-corrected chi connectivity index (χ0v) is 19.9. The lowest BCUT2D eigenvalue weighted by molar-refractivity contribution is 1.13. The Morgan fingerprint density at radius 2 is 1.14 bits per heavy atom. The molecule has 1 aliphatic rings. The molecule has 1 heterocycles. The molecular weight excluding hydrogens is 426 g/mol. The Hall–Kier alpha value is -4.50. The summed E-state index contributed by atoms with van der Waals surface area (Å²) in [6, 6.07) is 43.0. The van der Waals surface area contributed by atoms with Crippen molar-refractivity contribution in [3.63, 3.8) is 0 Å². The van der Waals surface area contributed by atoms with Gasteiger partial charge in [0.1, 0.15) is 0 Å². The molecule has 5 aromatic rings. The van der Waals surface area contributed by atoms with Gasteiger partial charge in [0, 0.05) is 31.0 Å². The number of rotatable bonds is 4. The second-order valence-corrected chi connectivity index (χ2v) is 9.04. The first-order valence-electron chi connectivity index (χ1n) is 11.9. The zero-order chi connectivity index (χ0) is 23.8. The number of fused-ring (bicyclic) bond motifs is 2. The Labute approximate surface area is 206 Å². The minimum atomic E-state index is 1.09. The standard InChI is InChI=1S/C32H27N3/c1-34(2)31-22-32-29(21-27(31)24-14-8-4-9-15-24)33-28-20-25(23-12-6-3-7-13-23)18-19-30(28)35(32)26-16-10-5-11-17-26/h3-22,33H,1-2H3. The number of benzene rings is 5. The summed E-state index contributed by atoms with van der Waals surface area (Å²) in [5.41, 5.74) is 11.6. The van der Waals surface area contributed by atoms with E-state index in [1.54, 1.807) is 0 Å². The summed E-state index contributed by atoms with van der Waals surface area (Å²) in [5.74, 6) is 0. The normalized spacial score (nSPS) is 11.9. The Morgan fingerprint density at radius 3 is 1.80 bits per heavy atom. The van der Waals surface area contributed by atoms with E-state index in [-0.39, 0.29) is 0 Å². The van der Waals surface area contributed by atoms with E-state index >= 15 is 0 Å². The van der Waals surface area contributed by atoms with Crippen molar-refractivity contribution in [2.75, 3.05) is 29.2 Å². The van der Waals surface area contributed by atoms with Crippen LogP contribution >= 0.6 is 0 Å². The van der Waals surface area contributed by atoms with Crippen LogP contribution in [0.4, 0.5) is 34.1 Å². The topological polar surface area (TPSA) is 18.5 Å². The van der Waals surface area contributed by atoms with Crippen molar-refractivity contribution in [3.8, 4) is 22.3 Å². The van der Waals surface area contributed by atoms with Crippen LogP contribution in [0.1, 0.15) is 0 Å². The molecule has 6 rings (SSSR count). The van der Waals surface area contributed by atoms with Crippen LogP contribution in [0.15, 0.2) is 121 Å². The van der Waals surface area contributed by atoms with Gasteiger partial charge in [-0.05, 0) is 53.1 Å². The van der Waals surface area contributed by atoms with E-state index in [4.69, 9.17) is 0 Å². The van der Waals surface area contributed by atoms with E-state index < -0.39 is 0 Å². The molecule has 1 N–H and O–H groups in total. The second-order valence-electron chi connectivity index (χ2n) is 9.04. The molecule has 3 nitrogen and oxygen atoms in total. The molecule has 0 saturated carbocycles. The van der Waals surface area contributed by atoms with Crippen LogP contribution < -0.4 is 15.1 Å². The van der Waals surface area contributed by atoms with Crippen LogP contribution in [0.2, 0.25) is 0 Å². The first-order valence-corrected chi connectivity index (χ1v) is 11.9. The van der Waals surface area contributed by atoms with Gasteiger partial charge in [0.05, 0.1) is 22.7 Å². The van der Waals surface area contributed by atoms with Gasteiger partial charge in [-0.25, -0.2) is 0 Å². The van der Waals surface area contributed by atoms with E-state index in [2.05, 4.69) is 151 Å². The minimum Gasteiger partial charge on any atom is -0.377 e. The maximum absolute atomic E-state index is 3.77. The minimum absolute atomic E-state index is 1.09. The Kier molecular flexibility index (Phi) is 5.23. The summed E-state index contributed by atoms with van der Waals surface area (Å²) in [5, 5.41) is 3.77. The quantitative estimate of drug-likeness (QED) is 0.288. The van der Waals surface area contributed by atoms with Crippen molar-refractivity contribution in [1.82, 2.24) is 0 Å². The second kappa shape index (κ2) is 8.69. The molecule has 0 radical (unpaired) electrons. The molecule has 5 aromatic carbocycles. The molecule has 170 valence electrons. The molecule has 3 heteroatoms. The van der Waals surface area contributed by atoms with Gasteiger partial charge in [-0.2, -0.15) is 0 Å². The molecular formula is C32H27N3. The van der Waals surface area contributed by atoms with Gasteiger partial charge < -0.3 is 15.1 Å². The molecule has 0 spiro atoms. The maximum Gasteiger partial charge on any atom is 0.0718 e. The Bertz CT molecular complexity index is 1480. The van der Waals surface area contributed by atoms with Gasteiger partial charge in [-0.3, -0.25) is 0 Å². The highest BCUT2D eigenvalue weighted by Gasteiger charge is 2.26. The van der Waals surface area contributed by atoms with E-state index in [9.17, 15) is 0 Å². The fraction of sp³-hybridized carbons (Fsp3) is 0.0625. The number of nitrogens with zero attached hydrogens (tertiary/aromatic N) is 2. The van der Waals surface area contributed by atoms with Gasteiger partial charge in [0.2, 0.25) is 0 Å². The van der Waals surface area contributed by atoms with Crippen LogP contribution in [-0.4, -0.2) is 14.1 Å². The fourth-order valence-corrected chi connectivity index (χ4v) is 4.85. The lowest BCUT2D eigenvalue weighted by Crippen LogP contribution is -2.19. The lowest BCUT2D eigenvalue weighted by atomic mass is 9.97. The first kappa shape index (κ1) is 21.1. The first-order chi connectivity index (χ1) is 17.2. The highest BCUT2D eigenvalue weighted by Crippen LogP contribution is 2.51. The molecule has 0 aliphatic carbocycles. The van der Waals surface area contributed by atoms with Crippen LogP contribution in [0.3, 0.4) is 0 Å². The predicted octanol–water partition coefficient (Wildman–Crippen LogP) is 8.61. The number of hydrogen-bond acceptors (Lipinski definition) is 3. The van der Waals surface area contributed by atoms with E-state index in [1.165, 1.54) is 27.9 Å². The van der Waals surface area contributed by atoms with Crippen molar-refractivity contribution in [2.24, 2.45) is 0 Å². The number of anilines is 6. The molecule has 0 unspecified atom stereocenters. The van der Waals surface area contributed by atoms with E-state index in [1.807, 2.05) is 0 Å². The van der Waals surface area contributed by atoms with Gasteiger partial charge >= 0.3 is 0 Å². The molecule has 0 bridgehead atoms. The highest BCUT2D eigenvalue weighted by atomic mass is 15.2. The third kappa shape index (κ3) is 3.81. The average Bonchev–Trinajstić information content (AvgIpc) is 2.92. The number of para-hydroxylation sites is 1. The number of nitrogens with one attached hydrogen (secondary N) is 1. The van der Waals surface area contributed by atoms with E-state index in [0.717, 1.165) is 28.4 Å². The predicted molar refractivity (Wildman–Crippen MR) is 150 cm³/mol. The van der Waals surface area contributed by atoms with E-state index in [0.29, 0.717) is 0 Å². The fourth-order valence-electron chi connectivity index (χ4n) is 4.85. The molecule has 0 aromatic heterocycles. The lowest BCUT2D eigenvalue weighted by Gasteiger charge is -2.36. The Balaban J connectivity index is 1.57. The van der Waals surface area contributed by atoms with Gasteiger partial charge in [-0.1, -0.05) is 84.9 Å². The van der Waals surface area contributed by atoms with Crippen molar-refractivity contribution in [1.29, 1.82) is 0 Å². The monoisotopic (exact) mass is 453 g/mol. The van der Waals surface area contributed by atoms with Gasteiger partial charge in [0.25, 0.3) is 0 Å². The third-order valence-corrected chi connectivity index (χ3v) is 6.55. The summed E-state index contributed by atoms with van der Waals surface area (Å²) in [6.45, 7) is 0. The molecule has 0 amide bonds. The van der Waals surface area contributed by atoms with Gasteiger partial charge in [-0.15, -0.1) is 0 Å². The van der Waals surface area contributed by atoms with Crippen LogP contribution in [0.5, 0.6) is 0 Å². The summed E-state index contributed by atoms with van der Waals surface area (Å²) in [4.78, 5) is 4.55. The molecule has 0 atom stereocenters. The summed E-state index contributed by atoms with van der Waals surface area (Å²) >= 11 is 0. The molecule has 35 heavy (non-hydrogen) atoms. The molecule has 0 saturated heterocycles. The van der Waals surface area contributed by atoms with Crippen molar-refractivity contribution in [3.05, 3.63) is 121 Å². The van der Waals surface area contributed by atoms with Crippen molar-refractivity contribution in [2.45, 2.75) is 0 Å². The van der Waals surface area contributed by atoms with Gasteiger partial charge in [0.15, 0.2) is 0 Å². The summed E-state index contributed by atoms with van der Waals surface area (Å²) in [7, 11) is 4.22. The highest BCUT2D eigenvalue weighted by molar-refractivity contribution is 6.01. The van der Waals surface area contributed by atoms with Crippen molar-refractivity contribution >= 4 is 34.1 Å². The van der Waals surface area contributed by atoms with Crippen LogP contribution in [0, 0.1) is 0 Å². The number of hydrogen-bond donors (Lipinski definition) is 1. The summed E-state index contributed by atoms with van der Waals surface area (Å²) < 4.78 is 0. The van der Waals surface area contributed by atoms with Crippen LogP contribution in [0.25, 0.3) is 22.3 Å². The SMILES string of the molecule is CN(C)c1cc2c(cc1-c1ccccc1)Nc1cc(-c3ccccc3)ccc1N2c1ccccc1.